The van der Waals surface area contributed by atoms with E-state index < -0.39 is 6.10 Å². The molecule has 0 spiro atoms. The van der Waals surface area contributed by atoms with Gasteiger partial charge in [-0.3, -0.25) is 9.69 Å². The Morgan fingerprint density at radius 1 is 1.35 bits per heavy atom. The van der Waals surface area contributed by atoms with E-state index >= 15 is 0 Å². The Bertz CT molecular complexity index is 613. The zero-order valence-electron chi connectivity index (χ0n) is 13.5. The molecule has 2 aromatic rings. The van der Waals surface area contributed by atoms with Gasteiger partial charge in [-0.15, -0.1) is 0 Å². The van der Waals surface area contributed by atoms with Crippen LogP contribution >= 0.6 is 0 Å². The molecule has 2 rings (SSSR count). The third-order valence-corrected chi connectivity index (χ3v) is 3.48. The van der Waals surface area contributed by atoms with E-state index in [1.54, 1.807) is 6.07 Å². The Labute approximate surface area is 136 Å². The summed E-state index contributed by atoms with van der Waals surface area (Å²) in [6, 6.07) is 11.8. The fourth-order valence-electron chi connectivity index (χ4n) is 2.16. The fourth-order valence-corrected chi connectivity index (χ4v) is 2.16. The molecule has 0 aliphatic carbocycles. The van der Waals surface area contributed by atoms with Crippen molar-refractivity contribution in [3.05, 3.63) is 53.4 Å². The lowest BCUT2D eigenvalue weighted by Crippen LogP contribution is -2.31. The molecule has 0 saturated carbocycles. The van der Waals surface area contributed by atoms with Gasteiger partial charge in [-0.05, 0) is 19.0 Å². The van der Waals surface area contributed by atoms with Gasteiger partial charge in [0.2, 0.25) is 0 Å². The highest BCUT2D eigenvalue weighted by atomic mass is 16.5. The van der Waals surface area contributed by atoms with E-state index in [1.165, 1.54) is 5.56 Å². The van der Waals surface area contributed by atoms with Gasteiger partial charge in [0, 0.05) is 19.2 Å². The Balaban J connectivity index is 1.85. The topological polar surface area (TPSA) is 78.6 Å². The summed E-state index contributed by atoms with van der Waals surface area (Å²) in [5, 5.41) is 15.9. The predicted molar refractivity (Wildman–Crippen MR) is 86.7 cm³/mol. The fraction of sp³-hybridized carbons (Fsp3) is 0.412. The molecule has 0 fully saturated rings. The van der Waals surface area contributed by atoms with Crippen LogP contribution in [0.15, 0.2) is 40.9 Å². The minimum Gasteiger partial charge on any atom is -0.391 e. The van der Waals surface area contributed by atoms with E-state index in [0.717, 1.165) is 6.54 Å². The molecule has 1 aromatic heterocycles. The zero-order chi connectivity index (χ0) is 16.7. The molecule has 2 N–H and O–H groups in total. The van der Waals surface area contributed by atoms with Gasteiger partial charge in [0.15, 0.2) is 11.5 Å². The van der Waals surface area contributed by atoms with Gasteiger partial charge in [-0.25, -0.2) is 0 Å². The Morgan fingerprint density at radius 3 is 2.78 bits per heavy atom. The molecule has 1 heterocycles. The lowest BCUT2D eigenvalue weighted by Gasteiger charge is -2.14. The van der Waals surface area contributed by atoms with E-state index in [2.05, 4.69) is 27.5 Å². The third-order valence-electron chi connectivity index (χ3n) is 3.48. The molecular weight excluding hydrogens is 294 g/mol. The molecular formula is C17H23N3O3. The second kappa shape index (κ2) is 8.45. The zero-order valence-corrected chi connectivity index (χ0v) is 13.5. The Morgan fingerprint density at radius 2 is 2.09 bits per heavy atom. The van der Waals surface area contributed by atoms with Gasteiger partial charge in [0.1, 0.15) is 0 Å². The van der Waals surface area contributed by atoms with Crippen molar-refractivity contribution in [2.24, 2.45) is 0 Å². The van der Waals surface area contributed by atoms with Crippen molar-refractivity contribution in [1.82, 2.24) is 15.4 Å². The summed E-state index contributed by atoms with van der Waals surface area (Å²) < 4.78 is 5.21. The summed E-state index contributed by atoms with van der Waals surface area (Å²) in [5.41, 5.74) is 1.44. The second-order valence-corrected chi connectivity index (χ2v) is 5.61. The maximum Gasteiger partial charge on any atom is 0.273 e. The van der Waals surface area contributed by atoms with Crippen LogP contribution in [-0.4, -0.2) is 40.8 Å². The van der Waals surface area contributed by atoms with Gasteiger partial charge in [0.05, 0.1) is 12.6 Å². The van der Waals surface area contributed by atoms with Gasteiger partial charge in [0.25, 0.3) is 5.91 Å². The van der Waals surface area contributed by atoms with Crippen molar-refractivity contribution in [2.45, 2.75) is 32.5 Å². The molecule has 6 nitrogen and oxygen atoms in total. The standard InChI is InChI=1S/C17H23N3O3/c1-3-14(21)10-18-17(22)16-9-15(23-19-16)12-20(2)11-13-7-5-4-6-8-13/h4-9,14,21H,3,10-12H2,1-2H3,(H,18,22)/t14-/m0/s1. The van der Waals surface area contributed by atoms with Crippen LogP contribution in [0.2, 0.25) is 0 Å². The predicted octanol–water partition coefficient (Wildman–Crippen LogP) is 1.81. The van der Waals surface area contributed by atoms with Crippen LogP contribution in [0.3, 0.4) is 0 Å². The van der Waals surface area contributed by atoms with Crippen LogP contribution in [-0.2, 0) is 13.1 Å². The van der Waals surface area contributed by atoms with E-state index in [1.807, 2.05) is 32.2 Å². The molecule has 0 bridgehead atoms. The van der Waals surface area contributed by atoms with E-state index in [4.69, 9.17) is 4.52 Å². The van der Waals surface area contributed by atoms with Crippen LogP contribution in [0.25, 0.3) is 0 Å². The number of nitrogens with zero attached hydrogens (tertiary/aromatic N) is 2. The van der Waals surface area contributed by atoms with E-state index in [-0.39, 0.29) is 18.1 Å². The largest absolute Gasteiger partial charge is 0.391 e. The summed E-state index contributed by atoms with van der Waals surface area (Å²) in [7, 11) is 1.98. The first kappa shape index (κ1) is 17.2. The molecule has 0 aliphatic heterocycles. The van der Waals surface area contributed by atoms with Gasteiger partial charge >= 0.3 is 0 Å². The number of carbonyl (C=O) groups excluding carboxylic acids is 1. The monoisotopic (exact) mass is 317 g/mol. The maximum absolute atomic E-state index is 11.9. The normalized spacial score (nSPS) is 12.3. The lowest BCUT2D eigenvalue weighted by molar-refractivity contribution is 0.0905. The van der Waals surface area contributed by atoms with Crippen molar-refractivity contribution in [1.29, 1.82) is 0 Å². The van der Waals surface area contributed by atoms with Crippen LogP contribution in [0, 0.1) is 0 Å². The number of aromatic nitrogens is 1. The molecule has 124 valence electrons. The summed E-state index contributed by atoms with van der Waals surface area (Å²) >= 11 is 0. The van der Waals surface area contributed by atoms with Gasteiger partial charge < -0.3 is 14.9 Å². The SMILES string of the molecule is CC[C@H](O)CNC(=O)c1cc(CN(C)Cc2ccccc2)on1. The first-order chi connectivity index (χ1) is 11.1. The number of nitrogens with one attached hydrogen (secondary N) is 1. The first-order valence-electron chi connectivity index (χ1n) is 7.72. The van der Waals surface area contributed by atoms with Gasteiger partial charge in [-0.2, -0.15) is 0 Å². The highest BCUT2D eigenvalue weighted by Gasteiger charge is 2.14. The number of benzene rings is 1. The first-order valence-corrected chi connectivity index (χ1v) is 7.72. The third kappa shape index (κ3) is 5.50. The van der Waals surface area contributed by atoms with Gasteiger partial charge in [-0.1, -0.05) is 42.4 Å². The van der Waals surface area contributed by atoms with Crippen molar-refractivity contribution in [3.63, 3.8) is 0 Å². The number of hydrogen-bond acceptors (Lipinski definition) is 5. The molecule has 23 heavy (non-hydrogen) atoms. The van der Waals surface area contributed by atoms with Crippen molar-refractivity contribution < 1.29 is 14.4 Å². The molecule has 0 saturated heterocycles. The molecule has 1 atom stereocenters. The summed E-state index contributed by atoms with van der Waals surface area (Å²) in [5.74, 6) is 0.294. The summed E-state index contributed by atoms with van der Waals surface area (Å²) in [6.07, 6.45) is 0.0524. The smallest absolute Gasteiger partial charge is 0.273 e. The molecule has 6 heteroatoms. The van der Waals surface area contributed by atoms with Crippen molar-refractivity contribution in [2.75, 3.05) is 13.6 Å². The lowest BCUT2D eigenvalue weighted by atomic mass is 10.2. The Hall–Kier alpha value is -2.18. The van der Waals surface area contributed by atoms with Crippen LogP contribution < -0.4 is 5.32 Å². The van der Waals surface area contributed by atoms with Crippen LogP contribution in [0.4, 0.5) is 0 Å². The van der Waals surface area contributed by atoms with Crippen molar-refractivity contribution >= 4 is 5.91 Å². The summed E-state index contributed by atoms with van der Waals surface area (Å²) in [4.78, 5) is 14.0. The van der Waals surface area contributed by atoms with E-state index in [0.29, 0.717) is 18.7 Å². The second-order valence-electron chi connectivity index (χ2n) is 5.61. The number of amides is 1. The number of carbonyl (C=O) groups is 1. The molecule has 0 radical (unpaired) electrons. The summed E-state index contributed by atoms with van der Waals surface area (Å²) in [6.45, 7) is 3.41. The number of rotatable bonds is 8. The number of hydrogen-bond donors (Lipinski definition) is 2. The average molecular weight is 317 g/mol. The molecule has 1 aromatic carbocycles. The molecule has 1 amide bonds. The number of aliphatic hydroxyl groups excluding tert-OH is 1. The van der Waals surface area contributed by atoms with E-state index in [9.17, 15) is 9.90 Å². The van der Waals surface area contributed by atoms with Crippen LogP contribution in [0.5, 0.6) is 0 Å². The minimum atomic E-state index is -0.540. The molecule has 0 unspecified atom stereocenters. The average Bonchev–Trinajstić information content (AvgIpc) is 3.01. The molecule has 0 aliphatic rings. The number of aliphatic hydroxyl groups is 1. The van der Waals surface area contributed by atoms with Crippen molar-refractivity contribution in [3.8, 4) is 0 Å². The highest BCUT2D eigenvalue weighted by molar-refractivity contribution is 5.92. The van der Waals surface area contributed by atoms with Crippen LogP contribution in [0.1, 0.15) is 35.2 Å². The highest BCUT2D eigenvalue weighted by Crippen LogP contribution is 2.09. The quantitative estimate of drug-likeness (QED) is 0.776. The maximum atomic E-state index is 11.9. The minimum absolute atomic E-state index is 0.214. The Kier molecular flexibility index (Phi) is 6.31.